The van der Waals surface area contributed by atoms with Crippen LogP contribution in [0.3, 0.4) is 0 Å². The lowest BCUT2D eigenvalue weighted by Crippen LogP contribution is -2.45. The number of amides is 1. The molecule has 1 amide bonds. The van der Waals surface area contributed by atoms with Crippen molar-refractivity contribution in [2.45, 2.75) is 70.4 Å². The number of nitrogens with zero attached hydrogens (tertiary/aromatic N) is 1. The summed E-state index contributed by atoms with van der Waals surface area (Å²) < 4.78 is 5.67. The Bertz CT molecular complexity index is 520. The second-order valence-electron chi connectivity index (χ2n) is 7.08. The van der Waals surface area contributed by atoms with E-state index in [0.717, 1.165) is 51.6 Å². The number of hydrogen-bond donors (Lipinski definition) is 1. The molecular weight excluding hydrogens is 292 g/mol. The SMILES string of the molecule is CCN1CCCC1CNC(=O)C1=C(C)C(=O)OC12CCCCC2. The van der Waals surface area contributed by atoms with Crippen molar-refractivity contribution in [3.8, 4) is 0 Å². The maximum atomic E-state index is 12.8. The number of ether oxygens (including phenoxy) is 1. The third-order valence-electron chi connectivity index (χ3n) is 5.72. The highest BCUT2D eigenvalue weighted by Crippen LogP contribution is 2.43. The molecule has 1 unspecified atom stereocenters. The highest BCUT2D eigenvalue weighted by molar-refractivity contribution is 6.07. The van der Waals surface area contributed by atoms with Crippen LogP contribution in [0.5, 0.6) is 0 Å². The minimum Gasteiger partial charge on any atom is -0.451 e. The molecule has 0 aromatic carbocycles. The van der Waals surface area contributed by atoms with Crippen molar-refractivity contribution in [2.24, 2.45) is 0 Å². The van der Waals surface area contributed by atoms with E-state index in [9.17, 15) is 9.59 Å². The van der Waals surface area contributed by atoms with E-state index in [4.69, 9.17) is 4.74 Å². The quantitative estimate of drug-likeness (QED) is 0.807. The van der Waals surface area contributed by atoms with E-state index >= 15 is 0 Å². The third kappa shape index (κ3) is 3.03. The van der Waals surface area contributed by atoms with Crippen LogP contribution in [0.2, 0.25) is 0 Å². The van der Waals surface area contributed by atoms with E-state index in [-0.39, 0.29) is 11.9 Å². The topological polar surface area (TPSA) is 58.6 Å². The summed E-state index contributed by atoms with van der Waals surface area (Å²) in [6.45, 7) is 6.69. The Kier molecular flexibility index (Phi) is 4.76. The van der Waals surface area contributed by atoms with Gasteiger partial charge < -0.3 is 10.1 Å². The van der Waals surface area contributed by atoms with Gasteiger partial charge in [-0.3, -0.25) is 9.69 Å². The first-order valence-corrected chi connectivity index (χ1v) is 9.04. The van der Waals surface area contributed by atoms with E-state index in [1.54, 1.807) is 6.92 Å². The standard InChI is InChI=1S/C18H28N2O3/c1-3-20-11-7-8-14(20)12-19-16(21)15-13(2)17(22)23-18(15)9-5-4-6-10-18/h14H,3-12H2,1-2H3,(H,19,21). The van der Waals surface area contributed by atoms with Crippen molar-refractivity contribution in [1.29, 1.82) is 0 Å². The lowest BCUT2D eigenvalue weighted by atomic mass is 9.78. The summed E-state index contributed by atoms with van der Waals surface area (Å²) >= 11 is 0. The minimum absolute atomic E-state index is 0.0989. The molecule has 5 heteroatoms. The first kappa shape index (κ1) is 16.5. The summed E-state index contributed by atoms with van der Waals surface area (Å²) in [5.74, 6) is -0.411. The fourth-order valence-electron chi connectivity index (χ4n) is 4.44. The van der Waals surface area contributed by atoms with Crippen LogP contribution < -0.4 is 5.32 Å². The van der Waals surface area contributed by atoms with E-state index in [1.165, 1.54) is 6.42 Å². The molecule has 1 aliphatic carbocycles. The zero-order valence-electron chi connectivity index (χ0n) is 14.3. The Morgan fingerprint density at radius 1 is 1.30 bits per heavy atom. The fraction of sp³-hybridized carbons (Fsp3) is 0.778. The molecule has 1 N–H and O–H groups in total. The summed E-state index contributed by atoms with van der Waals surface area (Å²) in [7, 11) is 0. The third-order valence-corrected chi connectivity index (χ3v) is 5.72. The van der Waals surface area contributed by atoms with Crippen molar-refractivity contribution in [1.82, 2.24) is 10.2 Å². The van der Waals surface area contributed by atoms with E-state index in [2.05, 4.69) is 17.1 Å². The lowest BCUT2D eigenvalue weighted by Gasteiger charge is -2.34. The monoisotopic (exact) mass is 320 g/mol. The maximum Gasteiger partial charge on any atom is 0.335 e. The van der Waals surface area contributed by atoms with Crippen LogP contribution in [0.25, 0.3) is 0 Å². The molecule has 1 saturated carbocycles. The number of likely N-dealkylation sites (tertiary alicyclic amines) is 1. The Morgan fingerprint density at radius 3 is 2.74 bits per heavy atom. The maximum absolute atomic E-state index is 12.8. The molecule has 5 nitrogen and oxygen atoms in total. The van der Waals surface area contributed by atoms with Crippen LogP contribution in [-0.2, 0) is 14.3 Å². The molecule has 0 bridgehead atoms. The molecule has 0 aromatic heterocycles. The van der Waals surface area contributed by atoms with Gasteiger partial charge in [-0.05, 0) is 58.5 Å². The zero-order valence-corrected chi connectivity index (χ0v) is 14.3. The molecule has 0 aromatic rings. The number of rotatable bonds is 4. The number of nitrogens with one attached hydrogen (secondary N) is 1. The summed E-state index contributed by atoms with van der Waals surface area (Å²) in [5, 5.41) is 3.08. The van der Waals surface area contributed by atoms with Crippen molar-refractivity contribution >= 4 is 11.9 Å². The van der Waals surface area contributed by atoms with E-state index in [1.807, 2.05) is 0 Å². The number of carbonyl (C=O) groups excluding carboxylic acids is 2. The van der Waals surface area contributed by atoms with Crippen LogP contribution in [0.15, 0.2) is 11.1 Å². The van der Waals surface area contributed by atoms with Crippen LogP contribution in [-0.4, -0.2) is 48.1 Å². The van der Waals surface area contributed by atoms with Gasteiger partial charge >= 0.3 is 5.97 Å². The van der Waals surface area contributed by atoms with Gasteiger partial charge in [0.05, 0.1) is 5.57 Å². The average molecular weight is 320 g/mol. The second-order valence-corrected chi connectivity index (χ2v) is 7.08. The normalized spacial score (nSPS) is 27.6. The molecule has 0 radical (unpaired) electrons. The van der Waals surface area contributed by atoms with Crippen LogP contribution in [0.4, 0.5) is 0 Å². The van der Waals surface area contributed by atoms with Crippen LogP contribution in [0, 0.1) is 0 Å². The van der Waals surface area contributed by atoms with Gasteiger partial charge in [0.2, 0.25) is 0 Å². The molecule has 2 aliphatic heterocycles. The molecule has 1 spiro atoms. The second kappa shape index (κ2) is 6.63. The zero-order chi connectivity index (χ0) is 16.4. The molecule has 2 heterocycles. The highest BCUT2D eigenvalue weighted by atomic mass is 16.6. The van der Waals surface area contributed by atoms with Gasteiger partial charge in [0.1, 0.15) is 5.60 Å². The smallest absolute Gasteiger partial charge is 0.335 e. The highest BCUT2D eigenvalue weighted by Gasteiger charge is 2.49. The van der Waals surface area contributed by atoms with Gasteiger partial charge in [0.25, 0.3) is 5.91 Å². The van der Waals surface area contributed by atoms with Gasteiger partial charge in [-0.1, -0.05) is 13.3 Å². The predicted molar refractivity (Wildman–Crippen MR) is 87.9 cm³/mol. The van der Waals surface area contributed by atoms with Gasteiger partial charge in [-0.2, -0.15) is 0 Å². The van der Waals surface area contributed by atoms with Crippen molar-refractivity contribution in [3.63, 3.8) is 0 Å². The number of likely N-dealkylation sites (N-methyl/N-ethyl adjacent to an activating group) is 1. The van der Waals surface area contributed by atoms with Crippen LogP contribution >= 0.6 is 0 Å². The van der Waals surface area contributed by atoms with Gasteiger partial charge in [0, 0.05) is 18.2 Å². The lowest BCUT2D eigenvalue weighted by molar-refractivity contribution is -0.149. The Balaban J connectivity index is 1.70. The summed E-state index contributed by atoms with van der Waals surface area (Å²) in [5.41, 5.74) is 0.454. The predicted octanol–water partition coefficient (Wildman–Crippen LogP) is 2.16. The van der Waals surface area contributed by atoms with Crippen LogP contribution in [0.1, 0.15) is 58.8 Å². The summed E-state index contributed by atoms with van der Waals surface area (Å²) in [6.07, 6.45) is 7.08. The van der Waals surface area contributed by atoms with Gasteiger partial charge in [-0.25, -0.2) is 4.79 Å². The van der Waals surface area contributed by atoms with Crippen molar-refractivity contribution < 1.29 is 14.3 Å². The molecule has 2 fully saturated rings. The van der Waals surface area contributed by atoms with Crippen molar-refractivity contribution in [2.75, 3.05) is 19.6 Å². The van der Waals surface area contributed by atoms with E-state index < -0.39 is 5.60 Å². The first-order valence-electron chi connectivity index (χ1n) is 9.04. The Labute approximate surface area is 138 Å². The Hall–Kier alpha value is -1.36. The molecule has 3 aliphatic rings. The first-order chi connectivity index (χ1) is 11.1. The van der Waals surface area contributed by atoms with Crippen molar-refractivity contribution in [3.05, 3.63) is 11.1 Å². The number of esters is 1. The Morgan fingerprint density at radius 2 is 2.04 bits per heavy atom. The van der Waals surface area contributed by atoms with Gasteiger partial charge in [-0.15, -0.1) is 0 Å². The summed E-state index contributed by atoms with van der Waals surface area (Å²) in [6, 6.07) is 0.421. The number of carbonyl (C=O) groups is 2. The van der Waals surface area contributed by atoms with E-state index in [0.29, 0.717) is 23.7 Å². The van der Waals surface area contributed by atoms with Gasteiger partial charge in [0.15, 0.2) is 0 Å². The molecule has 1 saturated heterocycles. The molecule has 1 atom stereocenters. The average Bonchev–Trinajstić information content (AvgIpc) is 3.09. The largest absolute Gasteiger partial charge is 0.451 e. The summed E-state index contributed by atoms with van der Waals surface area (Å²) in [4.78, 5) is 27.3. The molecule has 3 rings (SSSR count). The molecule has 128 valence electrons. The fourth-order valence-corrected chi connectivity index (χ4v) is 4.44. The minimum atomic E-state index is -0.649. The molecular formula is C18H28N2O3. The molecule has 23 heavy (non-hydrogen) atoms. The number of hydrogen-bond acceptors (Lipinski definition) is 4.